The average Bonchev–Trinajstić information content (AvgIpc) is 3.16. The Labute approximate surface area is 148 Å². The van der Waals surface area contributed by atoms with Crippen LogP contribution in [0.4, 0.5) is 0 Å². The largest absolute Gasteiger partial charge is 0.497 e. The number of nitrogens with one attached hydrogen (secondary N) is 3. The van der Waals surface area contributed by atoms with Crippen LogP contribution >= 0.6 is 0 Å². The summed E-state index contributed by atoms with van der Waals surface area (Å²) in [5.41, 5.74) is 10.4. The maximum Gasteiger partial charge on any atom is 0.251 e. The van der Waals surface area contributed by atoms with Gasteiger partial charge in [-0.3, -0.25) is 15.6 Å². The van der Waals surface area contributed by atoms with E-state index >= 15 is 0 Å². The van der Waals surface area contributed by atoms with Gasteiger partial charge in [-0.05, 0) is 54.8 Å². The molecule has 2 aromatic rings. The molecule has 132 valence electrons. The molecule has 2 aromatic carbocycles. The van der Waals surface area contributed by atoms with E-state index in [1.54, 1.807) is 7.11 Å². The van der Waals surface area contributed by atoms with Crippen LogP contribution in [0.15, 0.2) is 42.5 Å². The van der Waals surface area contributed by atoms with Crippen molar-refractivity contribution < 1.29 is 9.53 Å². The second-order valence-corrected chi connectivity index (χ2v) is 6.50. The first kappa shape index (κ1) is 17.5. The van der Waals surface area contributed by atoms with E-state index in [4.69, 9.17) is 4.74 Å². The van der Waals surface area contributed by atoms with Gasteiger partial charge in [-0.25, -0.2) is 0 Å². The summed E-state index contributed by atoms with van der Waals surface area (Å²) in [6.07, 6.45) is 0. The molecule has 5 nitrogen and oxygen atoms in total. The summed E-state index contributed by atoms with van der Waals surface area (Å²) in [5.74, 6) is 1.18. The highest BCUT2D eigenvalue weighted by molar-refractivity contribution is 5.94. The Kier molecular flexibility index (Phi) is 5.36. The molecular formula is C20H25N3O2. The average molecular weight is 339 g/mol. The zero-order chi connectivity index (χ0) is 17.8. The van der Waals surface area contributed by atoms with Gasteiger partial charge in [-0.2, -0.15) is 0 Å². The fraction of sp³-hybridized carbons (Fsp3) is 0.350. The van der Waals surface area contributed by atoms with E-state index in [1.807, 2.05) is 43.3 Å². The minimum absolute atomic E-state index is 0.0624. The second-order valence-electron chi connectivity index (χ2n) is 6.50. The number of rotatable bonds is 5. The highest BCUT2D eigenvalue weighted by atomic mass is 16.5. The molecule has 0 aromatic heterocycles. The molecule has 1 fully saturated rings. The molecular weight excluding hydrogens is 314 g/mol. The standard InChI is InChI=1S/C20H25N3O2/c1-13-9-16(7-8-19(13)17-11-21-22-12-17)20(24)23-14(2)15-5-4-6-18(10-15)25-3/h4-10,14,17,21-22H,11-12H2,1-3H3,(H,23,24)/t14-/m1/s1. The lowest BCUT2D eigenvalue weighted by molar-refractivity contribution is 0.0939. The molecule has 1 heterocycles. The lowest BCUT2D eigenvalue weighted by atomic mass is 9.94. The molecule has 0 aliphatic carbocycles. The van der Waals surface area contributed by atoms with Crippen LogP contribution in [0, 0.1) is 6.92 Å². The van der Waals surface area contributed by atoms with Crippen LogP contribution in [-0.2, 0) is 0 Å². The Morgan fingerprint density at radius 1 is 1.20 bits per heavy atom. The number of methoxy groups -OCH3 is 1. The summed E-state index contributed by atoms with van der Waals surface area (Å²) in [4.78, 5) is 12.6. The van der Waals surface area contributed by atoms with Crippen molar-refractivity contribution in [3.05, 3.63) is 64.7 Å². The third-order valence-electron chi connectivity index (χ3n) is 4.74. The van der Waals surface area contributed by atoms with Crippen molar-refractivity contribution in [2.45, 2.75) is 25.8 Å². The number of carbonyl (C=O) groups is 1. The molecule has 1 aliphatic rings. The molecule has 0 unspecified atom stereocenters. The van der Waals surface area contributed by atoms with Gasteiger partial charge in [0.05, 0.1) is 13.2 Å². The number of hydrogen-bond acceptors (Lipinski definition) is 4. The molecule has 3 N–H and O–H groups in total. The maximum absolute atomic E-state index is 12.6. The maximum atomic E-state index is 12.6. The summed E-state index contributed by atoms with van der Waals surface area (Å²) in [7, 11) is 1.64. The Morgan fingerprint density at radius 3 is 2.64 bits per heavy atom. The topological polar surface area (TPSA) is 62.4 Å². The Bertz CT molecular complexity index is 754. The first-order valence-corrected chi connectivity index (χ1v) is 8.59. The van der Waals surface area contributed by atoms with Gasteiger partial charge in [-0.1, -0.05) is 18.2 Å². The highest BCUT2D eigenvalue weighted by Crippen LogP contribution is 2.23. The van der Waals surface area contributed by atoms with Gasteiger partial charge < -0.3 is 10.1 Å². The summed E-state index contributed by atoms with van der Waals surface area (Å²) in [6, 6.07) is 13.6. The van der Waals surface area contributed by atoms with Gasteiger partial charge in [0.2, 0.25) is 0 Å². The van der Waals surface area contributed by atoms with Crippen LogP contribution in [0.1, 0.15) is 45.9 Å². The predicted molar refractivity (Wildman–Crippen MR) is 98.8 cm³/mol. The molecule has 0 saturated carbocycles. The first-order valence-electron chi connectivity index (χ1n) is 8.59. The van der Waals surface area contributed by atoms with Crippen molar-refractivity contribution >= 4 is 5.91 Å². The minimum atomic E-state index is -0.0918. The highest BCUT2D eigenvalue weighted by Gasteiger charge is 2.19. The molecule has 0 spiro atoms. The Balaban J connectivity index is 1.71. The van der Waals surface area contributed by atoms with Crippen molar-refractivity contribution in [2.24, 2.45) is 0 Å². The van der Waals surface area contributed by atoms with Crippen LogP contribution < -0.4 is 20.9 Å². The van der Waals surface area contributed by atoms with Gasteiger partial charge in [0.25, 0.3) is 5.91 Å². The van der Waals surface area contributed by atoms with Crippen molar-refractivity contribution in [2.75, 3.05) is 20.2 Å². The van der Waals surface area contributed by atoms with E-state index in [0.717, 1.165) is 30.0 Å². The number of aryl methyl sites for hydroxylation is 1. The fourth-order valence-electron chi connectivity index (χ4n) is 3.23. The Morgan fingerprint density at radius 2 is 1.96 bits per heavy atom. The molecule has 3 rings (SSSR count). The van der Waals surface area contributed by atoms with Crippen LogP contribution in [0.25, 0.3) is 0 Å². The zero-order valence-corrected chi connectivity index (χ0v) is 14.9. The van der Waals surface area contributed by atoms with E-state index in [1.165, 1.54) is 5.56 Å². The van der Waals surface area contributed by atoms with E-state index < -0.39 is 0 Å². The van der Waals surface area contributed by atoms with Gasteiger partial charge >= 0.3 is 0 Å². The van der Waals surface area contributed by atoms with Crippen LogP contribution in [0.5, 0.6) is 5.75 Å². The number of benzene rings is 2. The van der Waals surface area contributed by atoms with Crippen molar-refractivity contribution in [3.63, 3.8) is 0 Å². The van der Waals surface area contributed by atoms with E-state index in [-0.39, 0.29) is 11.9 Å². The minimum Gasteiger partial charge on any atom is -0.497 e. The van der Waals surface area contributed by atoms with Crippen LogP contribution in [-0.4, -0.2) is 26.1 Å². The van der Waals surface area contributed by atoms with Gasteiger partial charge in [0.15, 0.2) is 0 Å². The van der Waals surface area contributed by atoms with Gasteiger partial charge in [0.1, 0.15) is 5.75 Å². The zero-order valence-electron chi connectivity index (χ0n) is 14.9. The molecule has 25 heavy (non-hydrogen) atoms. The van der Waals surface area contributed by atoms with Crippen LogP contribution in [0.2, 0.25) is 0 Å². The normalized spacial score (nSPS) is 15.8. The number of hydrazine groups is 1. The van der Waals surface area contributed by atoms with Crippen molar-refractivity contribution in [1.82, 2.24) is 16.2 Å². The van der Waals surface area contributed by atoms with Crippen LogP contribution in [0.3, 0.4) is 0 Å². The SMILES string of the molecule is COc1cccc([C@@H](C)NC(=O)c2ccc(C3CNNC3)c(C)c2)c1. The number of hydrogen-bond donors (Lipinski definition) is 3. The monoisotopic (exact) mass is 339 g/mol. The first-order chi connectivity index (χ1) is 12.1. The van der Waals surface area contributed by atoms with E-state index in [2.05, 4.69) is 29.2 Å². The van der Waals surface area contributed by atoms with E-state index in [0.29, 0.717) is 11.5 Å². The fourth-order valence-corrected chi connectivity index (χ4v) is 3.23. The summed E-state index contributed by atoms with van der Waals surface area (Å²) in [5, 5.41) is 3.06. The van der Waals surface area contributed by atoms with Crippen molar-refractivity contribution in [1.29, 1.82) is 0 Å². The molecule has 0 radical (unpaired) electrons. The molecule has 1 aliphatic heterocycles. The summed E-state index contributed by atoms with van der Waals surface area (Å²) >= 11 is 0. The number of carbonyl (C=O) groups excluding carboxylic acids is 1. The molecule has 1 atom stereocenters. The van der Waals surface area contributed by atoms with Gasteiger partial charge in [-0.15, -0.1) is 0 Å². The lowest BCUT2D eigenvalue weighted by Gasteiger charge is -2.17. The van der Waals surface area contributed by atoms with Gasteiger partial charge in [0, 0.05) is 24.6 Å². The number of ether oxygens (including phenoxy) is 1. The van der Waals surface area contributed by atoms with E-state index in [9.17, 15) is 4.79 Å². The smallest absolute Gasteiger partial charge is 0.251 e. The number of amides is 1. The Hall–Kier alpha value is -2.37. The second kappa shape index (κ2) is 7.68. The molecule has 1 saturated heterocycles. The molecule has 0 bridgehead atoms. The van der Waals surface area contributed by atoms with Crippen molar-refractivity contribution in [3.8, 4) is 5.75 Å². The predicted octanol–water partition coefficient (Wildman–Crippen LogP) is 2.69. The third kappa shape index (κ3) is 4.00. The quantitative estimate of drug-likeness (QED) is 0.784. The molecule has 1 amide bonds. The molecule has 5 heteroatoms. The lowest BCUT2D eigenvalue weighted by Crippen LogP contribution is -2.26. The third-order valence-corrected chi connectivity index (χ3v) is 4.74. The summed E-state index contributed by atoms with van der Waals surface area (Å²) in [6.45, 7) is 5.87. The summed E-state index contributed by atoms with van der Waals surface area (Å²) < 4.78 is 5.25.